The highest BCUT2D eigenvalue weighted by molar-refractivity contribution is 6.06. The van der Waals surface area contributed by atoms with E-state index in [9.17, 15) is 14.4 Å². The number of aromatic nitrogens is 1. The number of rotatable bonds is 7. The highest BCUT2D eigenvalue weighted by atomic mass is 16.4. The zero-order valence-electron chi connectivity index (χ0n) is 27.1. The number of anilines is 2. The minimum atomic E-state index is -1.02. The molecule has 246 valence electrons. The molecule has 2 amide bonds. The number of hydrogen-bond donors (Lipinski definition) is 4. The molecule has 3 aromatic carbocycles. The summed E-state index contributed by atoms with van der Waals surface area (Å²) in [7, 11) is 0. The van der Waals surface area contributed by atoms with Gasteiger partial charge in [-0.2, -0.15) is 0 Å². The van der Waals surface area contributed by atoms with Crippen molar-refractivity contribution < 1.29 is 19.5 Å². The lowest BCUT2D eigenvalue weighted by Gasteiger charge is -2.29. The summed E-state index contributed by atoms with van der Waals surface area (Å²) in [6, 6.07) is 21.6. The Bertz CT molecular complexity index is 1910. The number of aliphatic carboxylic acids is 1. The van der Waals surface area contributed by atoms with Crippen molar-refractivity contribution in [2.24, 2.45) is 0 Å². The fraction of sp³-hybridized carbons (Fsp3) is 0.325. The molecule has 0 saturated heterocycles. The average Bonchev–Trinajstić information content (AvgIpc) is 3.73. The molecule has 0 atom stereocenters. The van der Waals surface area contributed by atoms with Gasteiger partial charge in [-0.1, -0.05) is 80.7 Å². The summed E-state index contributed by atoms with van der Waals surface area (Å²) in [5.41, 5.74) is 6.81. The molecule has 0 unspecified atom stereocenters. The Balaban J connectivity index is 1.22. The van der Waals surface area contributed by atoms with Gasteiger partial charge in [0, 0.05) is 52.6 Å². The number of benzene rings is 3. The first-order valence-corrected chi connectivity index (χ1v) is 17.2. The molecule has 0 bridgehead atoms. The monoisotopic (exact) mass is 642 g/mol. The fourth-order valence-electron chi connectivity index (χ4n) is 7.85. The van der Waals surface area contributed by atoms with E-state index in [1.54, 1.807) is 24.3 Å². The summed E-state index contributed by atoms with van der Waals surface area (Å²) in [4.78, 5) is 38.7. The van der Waals surface area contributed by atoms with Crippen LogP contribution in [0.1, 0.15) is 85.2 Å². The van der Waals surface area contributed by atoms with Gasteiger partial charge in [-0.25, -0.2) is 4.79 Å². The van der Waals surface area contributed by atoms with Gasteiger partial charge in [0.2, 0.25) is 5.91 Å². The van der Waals surface area contributed by atoms with Crippen LogP contribution in [0.5, 0.6) is 0 Å². The second-order valence-electron chi connectivity index (χ2n) is 13.3. The second-order valence-corrected chi connectivity index (χ2v) is 13.3. The van der Waals surface area contributed by atoms with Gasteiger partial charge in [-0.15, -0.1) is 0 Å². The van der Waals surface area contributed by atoms with Gasteiger partial charge in [0.25, 0.3) is 5.91 Å². The van der Waals surface area contributed by atoms with E-state index in [0.717, 1.165) is 36.7 Å². The molecular weight excluding hydrogens is 600 g/mol. The summed E-state index contributed by atoms with van der Waals surface area (Å²) in [6.07, 6.45) is 15.8. The van der Waals surface area contributed by atoms with Gasteiger partial charge < -0.3 is 25.6 Å². The Kier molecular flexibility index (Phi) is 8.89. The van der Waals surface area contributed by atoms with Crippen LogP contribution < -0.4 is 16.0 Å². The van der Waals surface area contributed by atoms with Crippen LogP contribution >= 0.6 is 0 Å². The molecular formula is C40H42N4O4. The third-order valence-electron chi connectivity index (χ3n) is 10.3. The topological polar surface area (TPSA) is 112 Å². The fourth-order valence-corrected chi connectivity index (χ4v) is 7.85. The first-order valence-electron chi connectivity index (χ1n) is 17.2. The third kappa shape index (κ3) is 6.27. The van der Waals surface area contributed by atoms with Gasteiger partial charge >= 0.3 is 5.97 Å². The van der Waals surface area contributed by atoms with Crippen LogP contribution in [0.25, 0.3) is 28.2 Å². The van der Waals surface area contributed by atoms with Crippen LogP contribution in [0, 0.1) is 0 Å². The number of carboxylic acids is 1. The van der Waals surface area contributed by atoms with Crippen molar-refractivity contribution in [2.45, 2.75) is 75.8 Å². The lowest BCUT2D eigenvalue weighted by molar-refractivity contribution is -0.131. The molecule has 4 aromatic rings. The smallest absolute Gasteiger partial charge is 0.328 e. The highest BCUT2D eigenvalue weighted by Gasteiger charge is 2.43. The molecule has 0 spiro atoms. The summed E-state index contributed by atoms with van der Waals surface area (Å²) in [5.74, 6) is -1.05. The lowest BCUT2D eigenvalue weighted by Crippen LogP contribution is -2.55. The predicted octanol–water partition coefficient (Wildman–Crippen LogP) is 8.12. The molecule has 8 heteroatoms. The molecule has 3 aliphatic rings. The Morgan fingerprint density at radius 1 is 0.896 bits per heavy atom. The number of hydrogen-bond acceptors (Lipinski definition) is 4. The van der Waals surface area contributed by atoms with E-state index in [2.05, 4.69) is 63.0 Å². The van der Waals surface area contributed by atoms with Gasteiger partial charge in [0.15, 0.2) is 0 Å². The molecule has 1 aromatic heterocycles. The minimum absolute atomic E-state index is 0.235. The van der Waals surface area contributed by atoms with Crippen LogP contribution in [0.3, 0.4) is 0 Å². The van der Waals surface area contributed by atoms with Crippen LogP contribution in [-0.4, -0.2) is 39.5 Å². The molecule has 7 rings (SSSR count). The van der Waals surface area contributed by atoms with E-state index in [1.807, 2.05) is 12.1 Å². The maximum atomic E-state index is 14.1. The SMILES string of the molecule is O=C(O)C=Cc1ccc(NC(=O)C2(NC(=O)c3ccc4c(C5CCCCC5)c5n(c4c3)CC=CCNc3ccccc3-5)CCCC2)cc1. The molecule has 0 radical (unpaired) electrons. The standard InChI is InChI=1S/C40H42N4O4/c45-35(46)21-16-27-14-18-30(19-15-27)42-39(48)40(22-6-7-23-40)43-38(47)29-17-20-32-34(26-29)44-25-9-8-24-41-33-13-5-4-12-31(33)37(44)36(32)28-10-2-1-3-11-28/h4-5,8-9,12-21,26,28,41H,1-3,6-7,10-11,22-25H2,(H,42,48)(H,43,47)(H,45,46). The Hall–Kier alpha value is -5.11. The number of nitrogens with one attached hydrogen (secondary N) is 3. The largest absolute Gasteiger partial charge is 0.478 e. The molecule has 48 heavy (non-hydrogen) atoms. The minimum Gasteiger partial charge on any atom is -0.478 e. The summed E-state index contributed by atoms with van der Waals surface area (Å²) in [5, 5.41) is 19.9. The Morgan fingerprint density at radius 3 is 2.44 bits per heavy atom. The van der Waals surface area contributed by atoms with Crippen LogP contribution in [0.2, 0.25) is 0 Å². The van der Waals surface area contributed by atoms with Crippen molar-refractivity contribution in [2.75, 3.05) is 17.2 Å². The first kappa shape index (κ1) is 31.5. The normalized spacial score (nSPS) is 17.5. The van der Waals surface area contributed by atoms with Gasteiger partial charge in [-0.05, 0) is 79.1 Å². The van der Waals surface area contributed by atoms with E-state index in [1.165, 1.54) is 60.4 Å². The van der Waals surface area contributed by atoms with E-state index in [-0.39, 0.29) is 11.8 Å². The molecule has 8 nitrogen and oxygen atoms in total. The summed E-state index contributed by atoms with van der Waals surface area (Å²) < 4.78 is 2.38. The van der Waals surface area contributed by atoms with Crippen molar-refractivity contribution in [1.29, 1.82) is 0 Å². The summed E-state index contributed by atoms with van der Waals surface area (Å²) >= 11 is 0. The predicted molar refractivity (Wildman–Crippen MR) is 191 cm³/mol. The van der Waals surface area contributed by atoms with Crippen molar-refractivity contribution in [3.63, 3.8) is 0 Å². The van der Waals surface area contributed by atoms with Crippen molar-refractivity contribution in [3.05, 3.63) is 102 Å². The number of para-hydroxylation sites is 1. The molecule has 2 aliphatic carbocycles. The number of amides is 2. The molecule has 2 saturated carbocycles. The molecule has 4 N–H and O–H groups in total. The van der Waals surface area contributed by atoms with Gasteiger partial charge in [0.1, 0.15) is 5.54 Å². The van der Waals surface area contributed by atoms with Gasteiger partial charge in [-0.3, -0.25) is 9.59 Å². The van der Waals surface area contributed by atoms with Crippen LogP contribution in [0.4, 0.5) is 11.4 Å². The quantitative estimate of drug-likeness (QED) is 0.120. The number of carbonyl (C=O) groups excluding carboxylic acids is 2. The lowest BCUT2D eigenvalue weighted by atomic mass is 9.81. The average molecular weight is 643 g/mol. The van der Waals surface area contributed by atoms with Crippen molar-refractivity contribution in [1.82, 2.24) is 9.88 Å². The first-order chi connectivity index (χ1) is 23.4. The van der Waals surface area contributed by atoms with Crippen LogP contribution in [0.15, 0.2) is 85.0 Å². The van der Waals surface area contributed by atoms with Crippen molar-refractivity contribution >= 4 is 46.1 Å². The zero-order chi connectivity index (χ0) is 33.1. The Morgan fingerprint density at radius 2 is 1.67 bits per heavy atom. The van der Waals surface area contributed by atoms with Crippen molar-refractivity contribution in [3.8, 4) is 11.3 Å². The van der Waals surface area contributed by atoms with Crippen LogP contribution in [-0.2, 0) is 16.1 Å². The number of carboxylic acid groups (broad SMARTS) is 1. The van der Waals surface area contributed by atoms with E-state index < -0.39 is 11.5 Å². The number of carbonyl (C=O) groups is 3. The molecule has 1 aliphatic heterocycles. The number of allylic oxidation sites excluding steroid dienone is 1. The molecule has 2 heterocycles. The number of fused-ring (bicyclic) bond motifs is 5. The third-order valence-corrected chi connectivity index (χ3v) is 10.3. The Labute approximate surface area is 280 Å². The van der Waals surface area contributed by atoms with Gasteiger partial charge in [0.05, 0.1) is 5.69 Å². The maximum absolute atomic E-state index is 14.1. The van der Waals surface area contributed by atoms with E-state index >= 15 is 0 Å². The summed E-state index contributed by atoms with van der Waals surface area (Å²) in [6.45, 7) is 1.46. The highest BCUT2D eigenvalue weighted by Crippen LogP contribution is 2.46. The number of nitrogens with zero attached hydrogens (tertiary/aromatic N) is 1. The van der Waals surface area contributed by atoms with E-state index in [4.69, 9.17) is 5.11 Å². The molecule has 2 fully saturated rings. The van der Waals surface area contributed by atoms with E-state index in [0.29, 0.717) is 42.1 Å². The maximum Gasteiger partial charge on any atom is 0.328 e. The zero-order valence-corrected chi connectivity index (χ0v) is 27.1. The second kappa shape index (κ2) is 13.6.